The molecule has 1 unspecified atom stereocenters. The second-order valence-electron chi connectivity index (χ2n) is 4.26. The van der Waals surface area contributed by atoms with Crippen LogP contribution in [0.4, 0.5) is 18.9 Å². The zero-order valence-electron chi connectivity index (χ0n) is 9.34. The second-order valence-corrected chi connectivity index (χ2v) is 4.26. The van der Waals surface area contributed by atoms with Gasteiger partial charge in [-0.15, -0.1) is 0 Å². The van der Waals surface area contributed by atoms with Gasteiger partial charge in [0.25, 0.3) is 0 Å². The molecule has 0 aromatic heterocycles. The first-order valence-corrected chi connectivity index (χ1v) is 5.42. The molecule has 0 N–H and O–H groups in total. The Morgan fingerprint density at radius 1 is 1.24 bits per heavy atom. The smallest absolute Gasteiger partial charge is 0.196 e. The number of Topliss-reactive ketones (excluding diaryl/α,β-unsaturated/α-hetero) is 1. The van der Waals surface area contributed by atoms with Gasteiger partial charge in [-0.2, -0.15) is 0 Å². The van der Waals surface area contributed by atoms with Crippen molar-refractivity contribution in [2.45, 2.75) is 13.3 Å². The number of carbonyl (C=O) groups excluding carboxylic acids is 1. The van der Waals surface area contributed by atoms with Crippen molar-refractivity contribution in [3.8, 4) is 0 Å². The van der Waals surface area contributed by atoms with E-state index in [-0.39, 0.29) is 17.4 Å². The molecule has 1 aromatic carbocycles. The fourth-order valence-electron chi connectivity index (χ4n) is 1.99. The van der Waals surface area contributed by atoms with Crippen molar-refractivity contribution in [3.63, 3.8) is 0 Å². The number of carbonyl (C=O) groups is 1. The van der Waals surface area contributed by atoms with Crippen LogP contribution in [0.15, 0.2) is 12.1 Å². The van der Waals surface area contributed by atoms with Crippen molar-refractivity contribution in [1.82, 2.24) is 0 Å². The molecule has 0 spiro atoms. The molecule has 2 rings (SSSR count). The predicted octanol–water partition coefficient (Wildman–Crippen LogP) is 2.52. The van der Waals surface area contributed by atoms with Crippen LogP contribution in [0.5, 0.6) is 0 Å². The van der Waals surface area contributed by atoms with Crippen LogP contribution in [0.2, 0.25) is 0 Å². The molecule has 1 atom stereocenters. The summed E-state index contributed by atoms with van der Waals surface area (Å²) in [5, 5.41) is 0. The lowest BCUT2D eigenvalue weighted by Crippen LogP contribution is -2.40. The van der Waals surface area contributed by atoms with Gasteiger partial charge >= 0.3 is 0 Å². The van der Waals surface area contributed by atoms with Crippen LogP contribution in [0.3, 0.4) is 0 Å². The molecule has 0 bridgehead atoms. The highest BCUT2D eigenvalue weighted by atomic mass is 19.2. The zero-order chi connectivity index (χ0) is 12.6. The Morgan fingerprint density at radius 2 is 1.94 bits per heavy atom. The highest BCUT2D eigenvalue weighted by Crippen LogP contribution is 2.26. The molecule has 0 amide bonds. The summed E-state index contributed by atoms with van der Waals surface area (Å²) in [6.45, 7) is 2.41. The Kier molecular flexibility index (Phi) is 3.09. The average Bonchev–Trinajstić information content (AvgIpc) is 2.30. The molecular formula is C12H12F3NO. The molecule has 17 heavy (non-hydrogen) atoms. The number of anilines is 1. The van der Waals surface area contributed by atoms with E-state index in [0.717, 1.165) is 6.07 Å². The normalized spacial score (nSPS) is 20.8. The van der Waals surface area contributed by atoms with E-state index in [4.69, 9.17) is 0 Å². The number of hydrogen-bond donors (Lipinski definition) is 0. The van der Waals surface area contributed by atoms with E-state index in [1.165, 1.54) is 6.07 Å². The number of ketones is 1. The number of rotatable bonds is 1. The minimum absolute atomic E-state index is 0.0169. The first-order valence-electron chi connectivity index (χ1n) is 5.42. The average molecular weight is 243 g/mol. The largest absolute Gasteiger partial charge is 0.368 e. The maximum atomic E-state index is 13.5. The third-order valence-corrected chi connectivity index (χ3v) is 3.03. The lowest BCUT2D eigenvalue weighted by Gasteiger charge is -2.32. The van der Waals surface area contributed by atoms with E-state index in [2.05, 4.69) is 0 Å². The summed E-state index contributed by atoms with van der Waals surface area (Å²) in [6.07, 6.45) is 0.305. The Balaban J connectivity index is 2.29. The van der Waals surface area contributed by atoms with Gasteiger partial charge in [0.15, 0.2) is 17.5 Å². The lowest BCUT2D eigenvalue weighted by atomic mass is 9.98. The Hall–Kier alpha value is -1.52. The highest BCUT2D eigenvalue weighted by molar-refractivity contribution is 5.83. The molecule has 0 saturated carbocycles. The van der Waals surface area contributed by atoms with Gasteiger partial charge in [-0.25, -0.2) is 13.2 Å². The molecule has 2 nitrogen and oxygen atoms in total. The van der Waals surface area contributed by atoms with Crippen molar-refractivity contribution in [2.75, 3.05) is 18.0 Å². The van der Waals surface area contributed by atoms with Crippen LogP contribution < -0.4 is 4.90 Å². The third kappa shape index (κ3) is 2.14. The fraction of sp³-hybridized carbons (Fsp3) is 0.417. The minimum atomic E-state index is -1.47. The number of hydrogen-bond acceptors (Lipinski definition) is 2. The van der Waals surface area contributed by atoms with Crippen LogP contribution >= 0.6 is 0 Å². The monoisotopic (exact) mass is 243 g/mol. The van der Waals surface area contributed by atoms with Gasteiger partial charge in [-0.3, -0.25) is 4.79 Å². The fourth-order valence-corrected chi connectivity index (χ4v) is 1.99. The summed E-state index contributed by atoms with van der Waals surface area (Å²) in [7, 11) is 0. The van der Waals surface area contributed by atoms with Crippen molar-refractivity contribution in [1.29, 1.82) is 0 Å². The summed E-state index contributed by atoms with van der Waals surface area (Å²) in [6, 6.07) is 2.10. The molecule has 1 saturated heterocycles. The van der Waals surface area contributed by atoms with Gasteiger partial charge in [0.1, 0.15) is 5.78 Å². The summed E-state index contributed by atoms with van der Waals surface area (Å²) < 4.78 is 39.4. The molecule has 1 heterocycles. The third-order valence-electron chi connectivity index (χ3n) is 3.03. The van der Waals surface area contributed by atoms with Gasteiger partial charge in [-0.05, 0) is 12.1 Å². The lowest BCUT2D eigenvalue weighted by molar-refractivity contribution is -0.122. The first kappa shape index (κ1) is 12.0. The molecule has 5 heteroatoms. The number of nitrogens with zero attached hydrogens (tertiary/aromatic N) is 1. The number of piperidine rings is 1. The predicted molar refractivity (Wildman–Crippen MR) is 57.3 cm³/mol. The number of halogens is 3. The van der Waals surface area contributed by atoms with Gasteiger partial charge in [0.05, 0.1) is 5.69 Å². The van der Waals surface area contributed by atoms with E-state index in [0.29, 0.717) is 19.5 Å². The summed E-state index contributed by atoms with van der Waals surface area (Å²) in [5.74, 6) is -3.95. The van der Waals surface area contributed by atoms with Gasteiger partial charge < -0.3 is 4.90 Å². The van der Waals surface area contributed by atoms with Crippen LogP contribution in [-0.2, 0) is 4.79 Å². The van der Waals surface area contributed by atoms with E-state index in [1.807, 2.05) is 0 Å². The van der Waals surface area contributed by atoms with Gasteiger partial charge in [0, 0.05) is 25.4 Å². The minimum Gasteiger partial charge on any atom is -0.368 e. The molecule has 0 aliphatic carbocycles. The molecule has 1 fully saturated rings. The highest BCUT2D eigenvalue weighted by Gasteiger charge is 2.26. The van der Waals surface area contributed by atoms with Crippen LogP contribution in [0.25, 0.3) is 0 Å². The maximum Gasteiger partial charge on any atom is 0.196 e. The number of benzene rings is 1. The van der Waals surface area contributed by atoms with Crippen molar-refractivity contribution < 1.29 is 18.0 Å². The Morgan fingerprint density at radius 3 is 2.59 bits per heavy atom. The summed E-state index contributed by atoms with van der Waals surface area (Å²) >= 11 is 0. The molecule has 1 aliphatic rings. The standard InChI is InChI=1S/C12H12F3NO/c1-7-6-16(5-4-10(7)17)9-3-2-8(13)11(14)12(9)15/h2-3,7H,4-6H2,1H3. The second kappa shape index (κ2) is 4.39. The molecule has 92 valence electrons. The Bertz CT molecular complexity index is 461. The van der Waals surface area contributed by atoms with Crippen molar-refractivity contribution in [2.24, 2.45) is 5.92 Å². The summed E-state index contributed by atoms with van der Waals surface area (Å²) in [5.41, 5.74) is 0.0169. The van der Waals surface area contributed by atoms with E-state index in [1.54, 1.807) is 11.8 Å². The molecule has 1 aliphatic heterocycles. The van der Waals surface area contributed by atoms with Crippen LogP contribution in [0, 0.1) is 23.4 Å². The maximum absolute atomic E-state index is 13.5. The van der Waals surface area contributed by atoms with Gasteiger partial charge in [-0.1, -0.05) is 6.92 Å². The molecule has 0 radical (unpaired) electrons. The zero-order valence-corrected chi connectivity index (χ0v) is 9.34. The van der Waals surface area contributed by atoms with Crippen LogP contribution in [-0.4, -0.2) is 18.9 Å². The Labute approximate surface area is 97.0 Å². The van der Waals surface area contributed by atoms with E-state index in [9.17, 15) is 18.0 Å². The topological polar surface area (TPSA) is 20.3 Å². The first-order chi connectivity index (χ1) is 8.00. The van der Waals surface area contributed by atoms with Gasteiger partial charge in [0.2, 0.25) is 0 Å². The van der Waals surface area contributed by atoms with E-state index < -0.39 is 17.5 Å². The van der Waals surface area contributed by atoms with Crippen molar-refractivity contribution >= 4 is 11.5 Å². The SMILES string of the molecule is CC1CN(c2ccc(F)c(F)c2F)CCC1=O. The quantitative estimate of drug-likeness (QED) is 0.706. The van der Waals surface area contributed by atoms with Crippen LogP contribution in [0.1, 0.15) is 13.3 Å². The molecule has 1 aromatic rings. The van der Waals surface area contributed by atoms with Crippen molar-refractivity contribution in [3.05, 3.63) is 29.6 Å². The van der Waals surface area contributed by atoms with E-state index >= 15 is 0 Å². The summed E-state index contributed by atoms with van der Waals surface area (Å²) in [4.78, 5) is 12.9. The molecular weight excluding hydrogens is 231 g/mol.